The van der Waals surface area contributed by atoms with Crippen molar-refractivity contribution in [3.63, 3.8) is 0 Å². The predicted octanol–water partition coefficient (Wildman–Crippen LogP) is 1.18. The van der Waals surface area contributed by atoms with Crippen molar-refractivity contribution in [3.8, 4) is 0 Å². The summed E-state index contributed by atoms with van der Waals surface area (Å²) in [7, 11) is 2.76. The third kappa shape index (κ3) is 2.27. The summed E-state index contributed by atoms with van der Waals surface area (Å²) in [6.45, 7) is -0.0965. The van der Waals surface area contributed by atoms with Gasteiger partial charge in [0.1, 0.15) is 0 Å². The lowest BCUT2D eigenvalue weighted by Crippen LogP contribution is -2.39. The molecule has 0 saturated heterocycles. The zero-order valence-corrected chi connectivity index (χ0v) is 9.30. The van der Waals surface area contributed by atoms with Crippen molar-refractivity contribution in [2.24, 2.45) is 0 Å². The van der Waals surface area contributed by atoms with E-state index in [9.17, 15) is 10.2 Å². The van der Waals surface area contributed by atoms with Gasteiger partial charge in [-0.1, -0.05) is 12.2 Å². The van der Waals surface area contributed by atoms with Gasteiger partial charge in [0, 0.05) is 20.6 Å². The summed E-state index contributed by atoms with van der Waals surface area (Å²) >= 11 is 0. The Balaban J connectivity index is 3.05. The number of aliphatic hydroxyl groups excluding tert-OH is 3. The Labute approximate surface area is 93.9 Å². The van der Waals surface area contributed by atoms with E-state index in [0.717, 1.165) is 0 Å². The summed E-state index contributed by atoms with van der Waals surface area (Å²) in [6, 6.07) is 0. The molecular formula is C11H16O5. The molecular weight excluding hydrogens is 212 g/mol. The topological polar surface area (TPSA) is 79.2 Å². The van der Waals surface area contributed by atoms with Crippen LogP contribution < -0.4 is 0 Å². The van der Waals surface area contributed by atoms with Crippen molar-refractivity contribution in [2.45, 2.75) is 12.2 Å². The first-order chi connectivity index (χ1) is 7.59. The smallest absolute Gasteiger partial charge is 0.235 e. The average Bonchev–Trinajstić information content (AvgIpc) is 2.31. The molecule has 0 saturated carbocycles. The van der Waals surface area contributed by atoms with Crippen LogP contribution in [0, 0.1) is 0 Å². The lowest BCUT2D eigenvalue weighted by molar-refractivity contribution is -0.199. The van der Waals surface area contributed by atoms with E-state index in [1.165, 1.54) is 26.4 Å². The minimum Gasteiger partial charge on any atom is -0.504 e. The molecule has 0 atom stereocenters. The molecule has 0 aliphatic heterocycles. The Morgan fingerprint density at radius 1 is 1.38 bits per heavy atom. The number of hydrogen-bond acceptors (Lipinski definition) is 5. The monoisotopic (exact) mass is 228 g/mol. The second-order valence-corrected chi connectivity index (χ2v) is 3.38. The fourth-order valence-corrected chi connectivity index (χ4v) is 1.57. The zero-order chi connectivity index (χ0) is 12.2. The van der Waals surface area contributed by atoms with E-state index in [4.69, 9.17) is 14.6 Å². The molecule has 5 heteroatoms. The Bertz CT molecular complexity index is 336. The van der Waals surface area contributed by atoms with Gasteiger partial charge in [-0.3, -0.25) is 0 Å². The molecule has 0 amide bonds. The molecule has 0 aromatic carbocycles. The SMILES string of the molecule is COC1(OC)CC(/C=C/CO)=CC(O)=C1O. The molecule has 0 spiro atoms. The van der Waals surface area contributed by atoms with Gasteiger partial charge in [-0.15, -0.1) is 0 Å². The van der Waals surface area contributed by atoms with Crippen molar-refractivity contribution in [1.82, 2.24) is 0 Å². The van der Waals surface area contributed by atoms with Gasteiger partial charge in [0.15, 0.2) is 11.5 Å². The molecule has 0 aromatic heterocycles. The number of allylic oxidation sites excluding steroid dienone is 2. The average molecular weight is 228 g/mol. The van der Waals surface area contributed by atoms with Crippen LogP contribution in [0.2, 0.25) is 0 Å². The highest BCUT2D eigenvalue weighted by molar-refractivity contribution is 5.36. The minimum atomic E-state index is -1.35. The van der Waals surface area contributed by atoms with Gasteiger partial charge in [0.25, 0.3) is 0 Å². The molecule has 16 heavy (non-hydrogen) atoms. The normalized spacial score (nSPS) is 20.3. The summed E-state index contributed by atoms with van der Waals surface area (Å²) < 4.78 is 10.2. The molecule has 0 aromatic rings. The van der Waals surface area contributed by atoms with E-state index in [0.29, 0.717) is 5.57 Å². The highest BCUT2D eigenvalue weighted by atomic mass is 16.7. The Hall–Kier alpha value is -1.30. The van der Waals surface area contributed by atoms with Gasteiger partial charge < -0.3 is 24.8 Å². The third-order valence-corrected chi connectivity index (χ3v) is 2.46. The van der Waals surface area contributed by atoms with E-state index >= 15 is 0 Å². The van der Waals surface area contributed by atoms with Crippen molar-refractivity contribution in [1.29, 1.82) is 0 Å². The largest absolute Gasteiger partial charge is 0.504 e. The lowest BCUT2D eigenvalue weighted by Gasteiger charge is -2.33. The number of ether oxygens (including phenoxy) is 2. The summed E-state index contributed by atoms with van der Waals surface area (Å²) in [6.07, 6.45) is 4.82. The number of aliphatic hydroxyl groups is 3. The van der Waals surface area contributed by atoms with Crippen molar-refractivity contribution in [3.05, 3.63) is 35.3 Å². The first-order valence-corrected chi connectivity index (χ1v) is 4.80. The number of hydrogen-bond donors (Lipinski definition) is 3. The van der Waals surface area contributed by atoms with Crippen molar-refractivity contribution in [2.75, 3.05) is 20.8 Å². The zero-order valence-electron chi connectivity index (χ0n) is 9.30. The summed E-state index contributed by atoms with van der Waals surface area (Å²) in [5, 5.41) is 27.9. The van der Waals surface area contributed by atoms with Gasteiger partial charge >= 0.3 is 0 Å². The van der Waals surface area contributed by atoms with Crippen LogP contribution in [-0.2, 0) is 9.47 Å². The highest BCUT2D eigenvalue weighted by Crippen LogP contribution is 2.34. The first kappa shape index (κ1) is 12.8. The third-order valence-electron chi connectivity index (χ3n) is 2.46. The fourth-order valence-electron chi connectivity index (χ4n) is 1.57. The van der Waals surface area contributed by atoms with E-state index in [1.807, 2.05) is 0 Å². The molecule has 1 aliphatic carbocycles. The van der Waals surface area contributed by atoms with E-state index < -0.39 is 5.79 Å². The van der Waals surface area contributed by atoms with Gasteiger partial charge in [0.05, 0.1) is 6.61 Å². The molecule has 0 unspecified atom stereocenters. The maximum Gasteiger partial charge on any atom is 0.235 e. The van der Waals surface area contributed by atoms with Gasteiger partial charge in [-0.05, 0) is 11.6 Å². The predicted molar refractivity (Wildman–Crippen MR) is 58.0 cm³/mol. The molecule has 0 bridgehead atoms. The van der Waals surface area contributed by atoms with Crippen LogP contribution in [0.5, 0.6) is 0 Å². The van der Waals surface area contributed by atoms with Crippen LogP contribution in [0.4, 0.5) is 0 Å². The second kappa shape index (κ2) is 5.16. The Morgan fingerprint density at radius 2 is 2.00 bits per heavy atom. The Kier molecular flexibility index (Phi) is 4.12. The summed E-state index contributed by atoms with van der Waals surface area (Å²) in [4.78, 5) is 0. The maximum absolute atomic E-state index is 9.69. The highest BCUT2D eigenvalue weighted by Gasteiger charge is 2.40. The van der Waals surface area contributed by atoms with Gasteiger partial charge in [0.2, 0.25) is 5.79 Å². The molecule has 5 nitrogen and oxygen atoms in total. The molecule has 1 aliphatic rings. The lowest BCUT2D eigenvalue weighted by atomic mass is 9.96. The standard InChI is InChI=1S/C11H16O5/c1-15-11(16-2)7-8(4-3-5-12)6-9(13)10(11)14/h3-4,6,12-14H,5,7H2,1-2H3/b4-3+. The van der Waals surface area contributed by atoms with E-state index in [1.54, 1.807) is 6.08 Å². The summed E-state index contributed by atoms with van der Waals surface area (Å²) in [5.41, 5.74) is 0.688. The van der Waals surface area contributed by atoms with Gasteiger partial charge in [-0.2, -0.15) is 0 Å². The van der Waals surface area contributed by atoms with E-state index in [-0.39, 0.29) is 24.5 Å². The maximum atomic E-state index is 9.69. The van der Waals surface area contributed by atoms with Crippen molar-refractivity contribution < 1.29 is 24.8 Å². The molecule has 3 N–H and O–H groups in total. The first-order valence-electron chi connectivity index (χ1n) is 4.80. The number of methoxy groups -OCH3 is 2. The van der Waals surface area contributed by atoms with Crippen LogP contribution in [0.15, 0.2) is 35.3 Å². The van der Waals surface area contributed by atoms with Crippen LogP contribution in [0.25, 0.3) is 0 Å². The number of rotatable bonds is 4. The minimum absolute atomic E-state index is 0.0965. The fraction of sp³-hybridized carbons (Fsp3) is 0.455. The van der Waals surface area contributed by atoms with Crippen LogP contribution >= 0.6 is 0 Å². The molecule has 0 heterocycles. The van der Waals surface area contributed by atoms with Crippen LogP contribution in [0.3, 0.4) is 0 Å². The van der Waals surface area contributed by atoms with Crippen LogP contribution in [-0.4, -0.2) is 41.9 Å². The summed E-state index contributed by atoms with van der Waals surface area (Å²) in [5.74, 6) is -2.00. The molecule has 90 valence electrons. The van der Waals surface area contributed by atoms with E-state index in [2.05, 4.69) is 0 Å². The second-order valence-electron chi connectivity index (χ2n) is 3.38. The molecule has 0 radical (unpaired) electrons. The van der Waals surface area contributed by atoms with Gasteiger partial charge in [-0.25, -0.2) is 0 Å². The molecule has 0 fully saturated rings. The quantitative estimate of drug-likeness (QED) is 0.630. The Morgan fingerprint density at radius 3 is 2.50 bits per heavy atom. The van der Waals surface area contributed by atoms with Crippen LogP contribution in [0.1, 0.15) is 6.42 Å². The van der Waals surface area contributed by atoms with Crippen molar-refractivity contribution >= 4 is 0 Å². The molecule has 1 rings (SSSR count).